The molecule has 0 saturated heterocycles. The third-order valence-corrected chi connectivity index (χ3v) is 4.59. The van der Waals surface area contributed by atoms with Gasteiger partial charge in [0.25, 0.3) is 0 Å². The summed E-state index contributed by atoms with van der Waals surface area (Å²) in [7, 11) is 0. The smallest absolute Gasteiger partial charge is 0.0589 e. The Bertz CT molecular complexity index is 561. The van der Waals surface area contributed by atoms with Crippen molar-refractivity contribution in [3.63, 3.8) is 0 Å². The van der Waals surface area contributed by atoms with E-state index in [9.17, 15) is 0 Å². The zero-order valence-electron chi connectivity index (χ0n) is 10.1. The van der Waals surface area contributed by atoms with Gasteiger partial charge in [-0.3, -0.25) is 0 Å². The van der Waals surface area contributed by atoms with Crippen LogP contribution in [0.4, 0.5) is 0 Å². The third kappa shape index (κ3) is 1.25. The van der Waals surface area contributed by atoms with Crippen molar-refractivity contribution < 1.29 is 0 Å². The van der Waals surface area contributed by atoms with Gasteiger partial charge in [0.05, 0.1) is 5.54 Å². The Balaban J connectivity index is 1.99. The van der Waals surface area contributed by atoms with Gasteiger partial charge in [0.2, 0.25) is 0 Å². The van der Waals surface area contributed by atoms with Crippen molar-refractivity contribution in [3.05, 3.63) is 35.5 Å². The second-order valence-corrected chi connectivity index (χ2v) is 5.49. The molecule has 0 radical (unpaired) electrons. The van der Waals surface area contributed by atoms with E-state index in [1.165, 1.54) is 48.7 Å². The lowest BCUT2D eigenvalue weighted by molar-refractivity contribution is 0.317. The third-order valence-electron chi connectivity index (χ3n) is 4.59. The van der Waals surface area contributed by atoms with Crippen molar-refractivity contribution in [3.8, 4) is 0 Å². The highest BCUT2D eigenvalue weighted by Crippen LogP contribution is 2.43. The van der Waals surface area contributed by atoms with E-state index in [-0.39, 0.29) is 5.54 Å². The molecule has 1 aromatic carbocycles. The minimum atomic E-state index is 0.270. The minimum absolute atomic E-state index is 0.270. The summed E-state index contributed by atoms with van der Waals surface area (Å²) in [6, 6.07) is 8.74. The van der Waals surface area contributed by atoms with E-state index in [2.05, 4.69) is 34.6 Å². The van der Waals surface area contributed by atoms with Crippen LogP contribution < -0.4 is 5.32 Å². The zero-order valence-corrected chi connectivity index (χ0v) is 10.1. The van der Waals surface area contributed by atoms with Crippen molar-refractivity contribution in [2.75, 3.05) is 6.54 Å². The molecule has 0 unspecified atom stereocenters. The summed E-state index contributed by atoms with van der Waals surface area (Å²) in [5.41, 5.74) is 4.64. The molecule has 0 amide bonds. The Kier molecular flexibility index (Phi) is 1.92. The van der Waals surface area contributed by atoms with Crippen LogP contribution in [0.15, 0.2) is 24.3 Å². The largest absolute Gasteiger partial charge is 0.357 e. The number of aromatic amines is 1. The van der Waals surface area contributed by atoms with Crippen LogP contribution in [0.5, 0.6) is 0 Å². The lowest BCUT2D eigenvalue weighted by Crippen LogP contribution is -2.45. The Hall–Kier alpha value is -1.28. The first-order valence-electron chi connectivity index (χ1n) is 6.74. The van der Waals surface area contributed by atoms with E-state index in [1.54, 1.807) is 5.56 Å². The monoisotopic (exact) mass is 226 g/mol. The molecule has 17 heavy (non-hydrogen) atoms. The van der Waals surface area contributed by atoms with Crippen LogP contribution in [0.1, 0.15) is 36.9 Å². The van der Waals surface area contributed by atoms with Crippen LogP contribution in [0.3, 0.4) is 0 Å². The highest BCUT2D eigenvalue weighted by Gasteiger charge is 2.40. The maximum Gasteiger partial charge on any atom is 0.0589 e. The molecule has 1 aliphatic heterocycles. The molecule has 1 fully saturated rings. The standard InChI is InChI=1S/C15H18N2/c1-2-6-13-11(5-1)12-7-10-16-15(14(12)17-13)8-3-4-9-15/h1-2,5-6,16-17H,3-4,7-10H2. The molecule has 1 spiro atoms. The van der Waals surface area contributed by atoms with Gasteiger partial charge in [-0.25, -0.2) is 0 Å². The van der Waals surface area contributed by atoms with Gasteiger partial charge >= 0.3 is 0 Å². The Morgan fingerprint density at radius 2 is 1.88 bits per heavy atom. The fraction of sp³-hybridized carbons (Fsp3) is 0.467. The van der Waals surface area contributed by atoms with Gasteiger partial charge in [0.1, 0.15) is 0 Å². The molecule has 2 heterocycles. The van der Waals surface area contributed by atoms with Crippen molar-refractivity contribution in [1.82, 2.24) is 10.3 Å². The second kappa shape index (κ2) is 3.36. The highest BCUT2D eigenvalue weighted by molar-refractivity contribution is 5.85. The predicted molar refractivity (Wildman–Crippen MR) is 70.2 cm³/mol. The van der Waals surface area contributed by atoms with Crippen molar-refractivity contribution in [2.45, 2.75) is 37.6 Å². The van der Waals surface area contributed by atoms with E-state index in [1.807, 2.05) is 0 Å². The lowest BCUT2D eigenvalue weighted by Gasteiger charge is -2.35. The molecule has 2 nitrogen and oxygen atoms in total. The molecule has 2 N–H and O–H groups in total. The Labute approximate surface area is 101 Å². The number of aromatic nitrogens is 1. The van der Waals surface area contributed by atoms with Gasteiger partial charge in [-0.2, -0.15) is 0 Å². The van der Waals surface area contributed by atoms with Crippen molar-refractivity contribution in [1.29, 1.82) is 0 Å². The molecule has 0 bridgehead atoms. The maximum atomic E-state index is 3.78. The fourth-order valence-electron chi connectivity index (χ4n) is 3.79. The quantitative estimate of drug-likeness (QED) is 0.710. The van der Waals surface area contributed by atoms with Crippen LogP contribution in [-0.2, 0) is 12.0 Å². The molecule has 2 heteroatoms. The van der Waals surface area contributed by atoms with E-state index in [0.29, 0.717) is 0 Å². The number of nitrogens with one attached hydrogen (secondary N) is 2. The number of hydrogen-bond acceptors (Lipinski definition) is 1. The van der Waals surface area contributed by atoms with Gasteiger partial charge < -0.3 is 10.3 Å². The number of fused-ring (bicyclic) bond motifs is 4. The topological polar surface area (TPSA) is 27.8 Å². The Morgan fingerprint density at radius 3 is 2.76 bits per heavy atom. The molecule has 1 aromatic heterocycles. The van der Waals surface area contributed by atoms with Crippen LogP contribution in [0.25, 0.3) is 10.9 Å². The van der Waals surface area contributed by atoms with Gasteiger partial charge in [0.15, 0.2) is 0 Å². The van der Waals surface area contributed by atoms with E-state index >= 15 is 0 Å². The normalized spacial score (nSPS) is 22.1. The number of benzene rings is 1. The zero-order chi connectivity index (χ0) is 11.3. The van der Waals surface area contributed by atoms with Crippen LogP contribution in [-0.4, -0.2) is 11.5 Å². The molecule has 2 aromatic rings. The van der Waals surface area contributed by atoms with Gasteiger partial charge in [-0.05, 0) is 30.9 Å². The lowest BCUT2D eigenvalue weighted by atomic mass is 9.85. The van der Waals surface area contributed by atoms with Crippen molar-refractivity contribution >= 4 is 10.9 Å². The first-order valence-corrected chi connectivity index (χ1v) is 6.74. The number of H-pyrrole nitrogens is 1. The molecule has 2 aliphatic rings. The first kappa shape index (κ1) is 9.72. The van der Waals surface area contributed by atoms with Crippen LogP contribution in [0.2, 0.25) is 0 Å². The summed E-state index contributed by atoms with van der Waals surface area (Å²) in [4.78, 5) is 3.69. The summed E-state index contributed by atoms with van der Waals surface area (Å²) < 4.78 is 0. The van der Waals surface area contributed by atoms with E-state index in [4.69, 9.17) is 0 Å². The molecular weight excluding hydrogens is 208 g/mol. The summed E-state index contributed by atoms with van der Waals surface area (Å²) in [5.74, 6) is 0. The van der Waals surface area contributed by atoms with Crippen LogP contribution in [0, 0.1) is 0 Å². The maximum absolute atomic E-state index is 3.78. The average molecular weight is 226 g/mol. The fourth-order valence-corrected chi connectivity index (χ4v) is 3.79. The molecule has 1 saturated carbocycles. The summed E-state index contributed by atoms with van der Waals surface area (Å²) >= 11 is 0. The van der Waals surface area contributed by atoms with Crippen LogP contribution >= 0.6 is 0 Å². The average Bonchev–Trinajstić information content (AvgIpc) is 2.96. The van der Waals surface area contributed by atoms with E-state index in [0.717, 1.165) is 6.54 Å². The molecule has 88 valence electrons. The SMILES string of the molecule is c1ccc2c3c([nH]c2c1)C1(CCCC1)NCC3. The summed E-state index contributed by atoms with van der Waals surface area (Å²) in [5, 5.41) is 5.22. The highest BCUT2D eigenvalue weighted by atomic mass is 15.0. The number of para-hydroxylation sites is 1. The summed E-state index contributed by atoms with van der Waals surface area (Å²) in [6.45, 7) is 1.13. The molecule has 1 aliphatic carbocycles. The van der Waals surface area contributed by atoms with Gasteiger partial charge in [0, 0.05) is 23.1 Å². The Morgan fingerprint density at radius 1 is 1.06 bits per heavy atom. The number of hydrogen-bond donors (Lipinski definition) is 2. The van der Waals surface area contributed by atoms with Crippen molar-refractivity contribution in [2.24, 2.45) is 0 Å². The number of rotatable bonds is 0. The molecule has 4 rings (SSSR count). The molecular formula is C15H18N2. The molecule has 0 atom stereocenters. The van der Waals surface area contributed by atoms with Gasteiger partial charge in [-0.15, -0.1) is 0 Å². The second-order valence-electron chi connectivity index (χ2n) is 5.49. The first-order chi connectivity index (χ1) is 8.39. The summed E-state index contributed by atoms with van der Waals surface area (Å²) in [6.07, 6.45) is 6.49. The van der Waals surface area contributed by atoms with E-state index < -0.39 is 0 Å². The van der Waals surface area contributed by atoms with Gasteiger partial charge in [-0.1, -0.05) is 31.0 Å². The predicted octanol–water partition coefficient (Wildman–Crippen LogP) is 3.08. The minimum Gasteiger partial charge on any atom is -0.357 e.